The number of carbonyl (C=O) groups excluding carboxylic acids is 2. The van der Waals surface area contributed by atoms with Gasteiger partial charge in [-0.05, 0) is 11.6 Å². The van der Waals surface area contributed by atoms with Crippen molar-refractivity contribution in [3.8, 4) is 5.88 Å². The number of nitrogens with zero attached hydrogens (tertiary/aromatic N) is 2. The van der Waals surface area contributed by atoms with Gasteiger partial charge in [0.1, 0.15) is 12.6 Å². The molecule has 3 rings (SSSR count). The smallest absolute Gasteiger partial charge is 0.318 e. The van der Waals surface area contributed by atoms with Crippen LogP contribution in [0.3, 0.4) is 0 Å². The fraction of sp³-hybridized carbons (Fsp3) is 0.562. The lowest BCUT2D eigenvalue weighted by Gasteiger charge is -2.26. The molecule has 2 aliphatic rings. The zero-order chi connectivity index (χ0) is 16.8. The number of piperazine rings is 1. The van der Waals surface area contributed by atoms with Crippen LogP contribution in [0.4, 0.5) is 4.79 Å². The lowest BCUT2D eigenvalue weighted by molar-refractivity contribution is -0.123. The summed E-state index contributed by atoms with van der Waals surface area (Å²) in [4.78, 5) is 29.1. The molecule has 2 aliphatic heterocycles. The fourth-order valence-corrected chi connectivity index (χ4v) is 2.69. The van der Waals surface area contributed by atoms with Crippen LogP contribution < -0.4 is 15.4 Å². The van der Waals surface area contributed by atoms with Gasteiger partial charge in [-0.25, -0.2) is 9.78 Å². The third-order valence-corrected chi connectivity index (χ3v) is 4.02. The number of pyridine rings is 1. The summed E-state index contributed by atoms with van der Waals surface area (Å²) < 4.78 is 11.2. The largest absolute Gasteiger partial charge is 0.474 e. The van der Waals surface area contributed by atoms with E-state index in [1.54, 1.807) is 6.20 Å². The SMILES string of the molecule is O=C1CN(C(=O)NCc2ccnc(OC3CCOCC3)c2)CCN1. The van der Waals surface area contributed by atoms with Gasteiger partial charge < -0.3 is 25.0 Å². The molecule has 0 radical (unpaired) electrons. The summed E-state index contributed by atoms with van der Waals surface area (Å²) in [5.74, 6) is 0.429. The maximum atomic E-state index is 12.1. The molecular weight excluding hydrogens is 312 g/mol. The van der Waals surface area contributed by atoms with E-state index in [4.69, 9.17) is 9.47 Å². The number of rotatable bonds is 4. The minimum Gasteiger partial charge on any atom is -0.474 e. The third-order valence-electron chi connectivity index (χ3n) is 4.02. The fourth-order valence-electron chi connectivity index (χ4n) is 2.69. The number of amides is 3. The van der Waals surface area contributed by atoms with Gasteiger partial charge in [-0.15, -0.1) is 0 Å². The Morgan fingerprint density at radius 1 is 1.46 bits per heavy atom. The van der Waals surface area contributed by atoms with Gasteiger partial charge in [0.25, 0.3) is 0 Å². The molecule has 2 fully saturated rings. The summed E-state index contributed by atoms with van der Waals surface area (Å²) in [6.45, 7) is 2.90. The number of aromatic nitrogens is 1. The number of hydrogen-bond acceptors (Lipinski definition) is 5. The second-order valence-corrected chi connectivity index (χ2v) is 5.86. The van der Waals surface area contributed by atoms with Crippen LogP contribution >= 0.6 is 0 Å². The highest BCUT2D eigenvalue weighted by Crippen LogP contribution is 2.16. The van der Waals surface area contributed by atoms with Crippen molar-refractivity contribution in [2.75, 3.05) is 32.8 Å². The maximum absolute atomic E-state index is 12.1. The molecule has 3 amide bonds. The van der Waals surface area contributed by atoms with E-state index in [0.29, 0.717) is 38.7 Å². The first-order valence-corrected chi connectivity index (χ1v) is 8.19. The average Bonchev–Trinajstić information content (AvgIpc) is 2.61. The normalized spacial score (nSPS) is 18.8. The zero-order valence-electron chi connectivity index (χ0n) is 13.5. The molecule has 24 heavy (non-hydrogen) atoms. The van der Waals surface area contributed by atoms with Gasteiger partial charge >= 0.3 is 6.03 Å². The first-order chi connectivity index (χ1) is 11.7. The highest BCUT2D eigenvalue weighted by atomic mass is 16.5. The van der Waals surface area contributed by atoms with Crippen LogP contribution in [0.1, 0.15) is 18.4 Å². The van der Waals surface area contributed by atoms with E-state index in [1.807, 2.05) is 12.1 Å². The lowest BCUT2D eigenvalue weighted by Crippen LogP contribution is -2.52. The van der Waals surface area contributed by atoms with E-state index in [-0.39, 0.29) is 24.6 Å². The predicted octanol–water partition coefficient (Wildman–Crippen LogP) is 0.281. The van der Waals surface area contributed by atoms with Crippen LogP contribution in [0, 0.1) is 0 Å². The predicted molar refractivity (Wildman–Crippen MR) is 85.5 cm³/mol. The average molecular weight is 334 g/mol. The summed E-state index contributed by atoms with van der Waals surface area (Å²) in [7, 11) is 0. The highest BCUT2D eigenvalue weighted by Gasteiger charge is 2.21. The number of nitrogens with one attached hydrogen (secondary N) is 2. The summed E-state index contributed by atoms with van der Waals surface area (Å²) >= 11 is 0. The Morgan fingerprint density at radius 3 is 3.08 bits per heavy atom. The number of ether oxygens (including phenoxy) is 2. The van der Waals surface area contributed by atoms with Crippen LogP contribution in [0.5, 0.6) is 5.88 Å². The van der Waals surface area contributed by atoms with Crippen LogP contribution in [0.2, 0.25) is 0 Å². The van der Waals surface area contributed by atoms with Gasteiger partial charge in [0.2, 0.25) is 11.8 Å². The molecule has 1 aromatic rings. The Bertz CT molecular complexity index is 589. The standard InChI is InChI=1S/C16H22N4O4/c21-14-11-20(6-5-17-14)16(22)19-10-12-1-4-18-15(9-12)24-13-2-7-23-8-3-13/h1,4,9,13H,2-3,5-8,10-11H2,(H,17,21)(H,19,22). The van der Waals surface area contributed by atoms with Gasteiger partial charge in [-0.2, -0.15) is 0 Å². The van der Waals surface area contributed by atoms with E-state index in [9.17, 15) is 9.59 Å². The summed E-state index contributed by atoms with van der Waals surface area (Å²) in [5.41, 5.74) is 0.905. The molecule has 1 aromatic heterocycles. The van der Waals surface area contributed by atoms with Gasteiger partial charge in [-0.1, -0.05) is 0 Å². The molecule has 8 heteroatoms. The monoisotopic (exact) mass is 334 g/mol. The second-order valence-electron chi connectivity index (χ2n) is 5.86. The summed E-state index contributed by atoms with van der Waals surface area (Å²) in [6.07, 6.45) is 3.52. The van der Waals surface area contributed by atoms with Crippen molar-refractivity contribution in [3.05, 3.63) is 23.9 Å². The van der Waals surface area contributed by atoms with Gasteiger partial charge in [0.05, 0.1) is 13.2 Å². The summed E-state index contributed by atoms with van der Waals surface area (Å²) in [5, 5.41) is 5.52. The van der Waals surface area contributed by atoms with Crippen molar-refractivity contribution in [2.45, 2.75) is 25.5 Å². The van der Waals surface area contributed by atoms with E-state index in [0.717, 1.165) is 18.4 Å². The van der Waals surface area contributed by atoms with Crippen molar-refractivity contribution >= 4 is 11.9 Å². The molecule has 130 valence electrons. The highest BCUT2D eigenvalue weighted by molar-refractivity contribution is 5.85. The van der Waals surface area contributed by atoms with Crippen molar-refractivity contribution in [1.82, 2.24) is 20.5 Å². The first-order valence-electron chi connectivity index (χ1n) is 8.19. The molecule has 0 spiro atoms. The number of urea groups is 1. The van der Waals surface area contributed by atoms with E-state index in [2.05, 4.69) is 15.6 Å². The molecule has 0 unspecified atom stereocenters. The van der Waals surface area contributed by atoms with Gasteiger partial charge in [0.15, 0.2) is 0 Å². The van der Waals surface area contributed by atoms with E-state index >= 15 is 0 Å². The minimum atomic E-state index is -0.242. The van der Waals surface area contributed by atoms with Crippen LogP contribution in [-0.4, -0.2) is 60.8 Å². The topological polar surface area (TPSA) is 92.8 Å². The minimum absolute atomic E-state index is 0.0975. The molecular formula is C16H22N4O4. The Labute approximate surface area is 140 Å². The van der Waals surface area contributed by atoms with Crippen LogP contribution in [0.25, 0.3) is 0 Å². The zero-order valence-corrected chi connectivity index (χ0v) is 13.5. The lowest BCUT2D eigenvalue weighted by atomic mass is 10.1. The molecule has 2 N–H and O–H groups in total. The maximum Gasteiger partial charge on any atom is 0.318 e. The Morgan fingerprint density at radius 2 is 2.29 bits per heavy atom. The van der Waals surface area contributed by atoms with Crippen LogP contribution in [0.15, 0.2) is 18.3 Å². The Hall–Kier alpha value is -2.35. The molecule has 0 atom stereocenters. The van der Waals surface area contributed by atoms with Gasteiger partial charge in [0, 0.05) is 44.7 Å². The van der Waals surface area contributed by atoms with E-state index < -0.39 is 0 Å². The Kier molecular flexibility index (Phi) is 5.47. The second kappa shape index (κ2) is 7.96. The van der Waals surface area contributed by atoms with Gasteiger partial charge in [-0.3, -0.25) is 4.79 Å². The first kappa shape index (κ1) is 16.5. The molecule has 8 nitrogen and oxygen atoms in total. The van der Waals surface area contributed by atoms with E-state index in [1.165, 1.54) is 4.90 Å². The van der Waals surface area contributed by atoms with Crippen molar-refractivity contribution in [3.63, 3.8) is 0 Å². The molecule has 0 bridgehead atoms. The molecule has 0 aliphatic carbocycles. The number of carbonyl (C=O) groups is 2. The van der Waals surface area contributed by atoms with Crippen molar-refractivity contribution in [2.24, 2.45) is 0 Å². The molecule has 3 heterocycles. The van der Waals surface area contributed by atoms with Crippen molar-refractivity contribution in [1.29, 1.82) is 0 Å². The molecule has 2 saturated heterocycles. The third kappa shape index (κ3) is 4.58. The van der Waals surface area contributed by atoms with Crippen LogP contribution in [-0.2, 0) is 16.1 Å². The molecule has 0 saturated carbocycles. The quantitative estimate of drug-likeness (QED) is 0.825. The Balaban J connectivity index is 1.50. The van der Waals surface area contributed by atoms with Crippen molar-refractivity contribution < 1.29 is 19.1 Å². The number of hydrogen-bond donors (Lipinski definition) is 2. The molecule has 0 aromatic carbocycles. The summed E-state index contributed by atoms with van der Waals surface area (Å²) in [6, 6.07) is 3.42.